The first kappa shape index (κ1) is 17.7. The molecule has 1 aromatic carbocycles. The summed E-state index contributed by atoms with van der Waals surface area (Å²) in [5.74, 6) is -1.96. The van der Waals surface area contributed by atoms with Crippen LogP contribution in [0.15, 0.2) is 18.2 Å². The van der Waals surface area contributed by atoms with E-state index in [4.69, 9.17) is 14.6 Å². The molecule has 0 radical (unpaired) electrons. The predicted octanol–water partition coefficient (Wildman–Crippen LogP) is 1.99. The van der Waals surface area contributed by atoms with Crippen molar-refractivity contribution in [2.75, 3.05) is 13.2 Å². The number of hydrogen-bond donors (Lipinski definition) is 1. The first-order chi connectivity index (χ1) is 10.5. The van der Waals surface area contributed by atoms with Gasteiger partial charge < -0.3 is 14.6 Å². The van der Waals surface area contributed by atoms with Gasteiger partial charge in [0.1, 0.15) is 0 Å². The number of benzene rings is 1. The van der Waals surface area contributed by atoms with Crippen molar-refractivity contribution >= 4 is 17.9 Å². The zero-order valence-corrected chi connectivity index (χ0v) is 12.8. The quantitative estimate of drug-likeness (QED) is 0.739. The molecule has 22 heavy (non-hydrogen) atoms. The molecule has 0 bridgehead atoms. The molecule has 0 saturated heterocycles. The van der Waals surface area contributed by atoms with Crippen molar-refractivity contribution in [1.82, 2.24) is 0 Å². The Morgan fingerprint density at radius 2 is 1.77 bits per heavy atom. The van der Waals surface area contributed by atoms with Gasteiger partial charge in [-0.05, 0) is 37.5 Å². The second kappa shape index (κ2) is 8.81. The molecule has 6 heteroatoms. The van der Waals surface area contributed by atoms with Crippen LogP contribution >= 0.6 is 0 Å². The lowest BCUT2D eigenvalue weighted by Crippen LogP contribution is -2.14. The number of carbonyl (C=O) groups excluding carboxylic acids is 2. The maximum absolute atomic E-state index is 11.9. The fourth-order valence-electron chi connectivity index (χ4n) is 2.10. The molecule has 0 saturated carbocycles. The van der Waals surface area contributed by atoms with E-state index in [2.05, 4.69) is 0 Å². The van der Waals surface area contributed by atoms with E-state index < -0.39 is 11.9 Å². The summed E-state index contributed by atoms with van der Waals surface area (Å²) < 4.78 is 9.80. The van der Waals surface area contributed by atoms with Gasteiger partial charge in [0.25, 0.3) is 0 Å². The minimum Gasteiger partial charge on any atom is -0.481 e. The highest BCUT2D eigenvalue weighted by Crippen LogP contribution is 2.19. The minimum absolute atomic E-state index is 0.132. The zero-order valence-electron chi connectivity index (χ0n) is 12.8. The van der Waals surface area contributed by atoms with Crippen molar-refractivity contribution in [3.63, 3.8) is 0 Å². The highest BCUT2D eigenvalue weighted by molar-refractivity contribution is 5.93. The molecule has 120 valence electrons. The van der Waals surface area contributed by atoms with Crippen LogP contribution in [0.1, 0.15) is 41.8 Å². The smallest absolute Gasteiger partial charge is 0.338 e. The molecule has 6 nitrogen and oxygen atoms in total. The Hall–Kier alpha value is -2.37. The maximum atomic E-state index is 11.9. The summed E-state index contributed by atoms with van der Waals surface area (Å²) in [5, 5.41) is 9.05. The SMILES string of the molecule is CCOC(=O)CCc1cccc(C(=O)OCC)c1CC(=O)O. The summed E-state index contributed by atoms with van der Waals surface area (Å²) in [4.78, 5) is 34.4. The first-order valence-corrected chi connectivity index (χ1v) is 7.14. The van der Waals surface area contributed by atoms with Gasteiger partial charge in [0.2, 0.25) is 0 Å². The molecule has 0 aliphatic carbocycles. The summed E-state index contributed by atoms with van der Waals surface area (Å²) >= 11 is 0. The molecule has 0 fully saturated rings. The van der Waals surface area contributed by atoms with Crippen LogP contribution in [0.5, 0.6) is 0 Å². The minimum atomic E-state index is -1.05. The van der Waals surface area contributed by atoms with Crippen molar-refractivity contribution in [1.29, 1.82) is 0 Å². The van der Waals surface area contributed by atoms with Crippen molar-refractivity contribution < 1.29 is 29.0 Å². The molecule has 0 aliphatic heterocycles. The fraction of sp³-hybridized carbons (Fsp3) is 0.438. The zero-order chi connectivity index (χ0) is 16.5. The number of carbonyl (C=O) groups is 3. The average molecular weight is 308 g/mol. The molecule has 0 aromatic heterocycles. The summed E-state index contributed by atoms with van der Waals surface area (Å²) in [6.07, 6.45) is 0.147. The largest absolute Gasteiger partial charge is 0.481 e. The highest BCUT2D eigenvalue weighted by atomic mass is 16.5. The van der Waals surface area contributed by atoms with Crippen LogP contribution in [-0.2, 0) is 31.9 Å². The second-order valence-electron chi connectivity index (χ2n) is 4.54. The molecule has 0 aliphatic rings. The maximum Gasteiger partial charge on any atom is 0.338 e. The van der Waals surface area contributed by atoms with E-state index in [1.807, 2.05) is 0 Å². The molecule has 1 rings (SSSR count). The van der Waals surface area contributed by atoms with E-state index in [1.165, 1.54) is 6.07 Å². The number of hydrogen-bond acceptors (Lipinski definition) is 5. The number of aliphatic carboxylic acids is 1. The lowest BCUT2D eigenvalue weighted by molar-refractivity contribution is -0.143. The van der Waals surface area contributed by atoms with E-state index in [9.17, 15) is 14.4 Å². The van der Waals surface area contributed by atoms with Gasteiger partial charge in [-0.25, -0.2) is 4.79 Å². The van der Waals surface area contributed by atoms with Crippen LogP contribution in [0.2, 0.25) is 0 Å². The second-order valence-corrected chi connectivity index (χ2v) is 4.54. The molecular formula is C16H20O6. The third-order valence-corrected chi connectivity index (χ3v) is 3.00. The normalized spacial score (nSPS) is 10.1. The monoisotopic (exact) mass is 308 g/mol. The van der Waals surface area contributed by atoms with Gasteiger partial charge in [-0.15, -0.1) is 0 Å². The van der Waals surface area contributed by atoms with E-state index in [1.54, 1.807) is 26.0 Å². The molecule has 1 aromatic rings. The number of carboxylic acid groups (broad SMARTS) is 1. The Bertz CT molecular complexity index is 550. The first-order valence-electron chi connectivity index (χ1n) is 7.14. The Kier molecular flexibility index (Phi) is 7.08. The lowest BCUT2D eigenvalue weighted by atomic mass is 9.95. The van der Waals surface area contributed by atoms with Crippen molar-refractivity contribution in [3.8, 4) is 0 Å². The molecule has 0 spiro atoms. The van der Waals surface area contributed by atoms with Gasteiger partial charge in [0.15, 0.2) is 0 Å². The van der Waals surface area contributed by atoms with Gasteiger partial charge in [-0.3, -0.25) is 9.59 Å². The van der Waals surface area contributed by atoms with Crippen LogP contribution in [-0.4, -0.2) is 36.2 Å². The van der Waals surface area contributed by atoms with Gasteiger partial charge >= 0.3 is 17.9 Å². The van der Waals surface area contributed by atoms with E-state index >= 15 is 0 Å². The summed E-state index contributed by atoms with van der Waals surface area (Å²) in [6.45, 7) is 3.90. The number of ether oxygens (including phenoxy) is 2. The van der Waals surface area contributed by atoms with Crippen LogP contribution < -0.4 is 0 Å². The molecular weight excluding hydrogens is 288 g/mol. The van der Waals surface area contributed by atoms with E-state index in [0.717, 1.165) is 0 Å². The third kappa shape index (κ3) is 5.20. The summed E-state index contributed by atoms with van der Waals surface area (Å²) in [6, 6.07) is 4.89. The van der Waals surface area contributed by atoms with Crippen molar-refractivity contribution in [2.45, 2.75) is 33.1 Å². The van der Waals surface area contributed by atoms with E-state index in [-0.39, 0.29) is 31.0 Å². The third-order valence-electron chi connectivity index (χ3n) is 3.00. The number of carboxylic acids is 1. The van der Waals surface area contributed by atoms with E-state index in [0.29, 0.717) is 24.2 Å². The van der Waals surface area contributed by atoms with Gasteiger partial charge in [0, 0.05) is 6.42 Å². The highest BCUT2D eigenvalue weighted by Gasteiger charge is 2.18. The van der Waals surface area contributed by atoms with Gasteiger partial charge in [-0.1, -0.05) is 12.1 Å². The van der Waals surface area contributed by atoms with Crippen LogP contribution in [0.3, 0.4) is 0 Å². The lowest BCUT2D eigenvalue weighted by Gasteiger charge is -2.12. The van der Waals surface area contributed by atoms with Crippen LogP contribution in [0.25, 0.3) is 0 Å². The van der Waals surface area contributed by atoms with Gasteiger partial charge in [0.05, 0.1) is 25.2 Å². The molecule has 0 amide bonds. The fourth-order valence-corrected chi connectivity index (χ4v) is 2.10. The Morgan fingerprint density at radius 3 is 2.36 bits per heavy atom. The predicted molar refractivity (Wildman–Crippen MR) is 78.7 cm³/mol. The topological polar surface area (TPSA) is 89.9 Å². The van der Waals surface area contributed by atoms with Crippen molar-refractivity contribution in [2.24, 2.45) is 0 Å². The molecule has 0 unspecified atom stereocenters. The number of aryl methyl sites for hydroxylation is 1. The van der Waals surface area contributed by atoms with Crippen LogP contribution in [0, 0.1) is 0 Å². The molecule has 0 heterocycles. The number of esters is 2. The Balaban J connectivity index is 3.04. The van der Waals surface area contributed by atoms with Gasteiger partial charge in [-0.2, -0.15) is 0 Å². The average Bonchev–Trinajstić information content (AvgIpc) is 2.46. The molecule has 1 N–H and O–H groups in total. The Morgan fingerprint density at radius 1 is 1.09 bits per heavy atom. The van der Waals surface area contributed by atoms with Crippen molar-refractivity contribution in [3.05, 3.63) is 34.9 Å². The Labute approximate surface area is 129 Å². The standard InChI is InChI=1S/C16H20O6/c1-3-21-15(19)9-8-11-6-5-7-12(16(20)22-4-2)13(11)10-14(17)18/h5-7H,3-4,8-10H2,1-2H3,(H,17,18). The summed E-state index contributed by atoms with van der Waals surface area (Å²) in [7, 11) is 0. The molecule has 0 atom stereocenters. The summed E-state index contributed by atoms with van der Waals surface area (Å²) in [5.41, 5.74) is 1.25. The van der Waals surface area contributed by atoms with Crippen LogP contribution in [0.4, 0.5) is 0 Å². The number of rotatable bonds is 8.